The average molecular weight is 329 g/mol. The van der Waals surface area contributed by atoms with Crippen LogP contribution in [0.4, 0.5) is 14.6 Å². The van der Waals surface area contributed by atoms with E-state index in [1.54, 1.807) is 22.9 Å². The van der Waals surface area contributed by atoms with Crippen LogP contribution in [0.2, 0.25) is 0 Å². The molecule has 124 valence electrons. The first-order valence-corrected chi connectivity index (χ1v) is 8.06. The second-order valence-electron chi connectivity index (χ2n) is 5.92. The van der Waals surface area contributed by atoms with Crippen LogP contribution in [0.15, 0.2) is 36.8 Å². The Bertz CT molecular complexity index is 855. The Morgan fingerprint density at radius 2 is 1.83 bits per heavy atom. The predicted octanol–water partition coefficient (Wildman–Crippen LogP) is 3.72. The molecule has 3 aromatic rings. The molecular weight excluding hydrogens is 312 g/mol. The smallest absolute Gasteiger partial charge is 0.265 e. The molecular formula is C17H17F2N5. The summed E-state index contributed by atoms with van der Waals surface area (Å²) in [7, 11) is 0. The van der Waals surface area contributed by atoms with Gasteiger partial charge >= 0.3 is 0 Å². The third-order valence-electron chi connectivity index (χ3n) is 4.33. The molecule has 24 heavy (non-hydrogen) atoms. The fraction of sp³-hybridized carbons (Fsp3) is 0.353. The van der Waals surface area contributed by atoms with Gasteiger partial charge in [-0.1, -0.05) is 0 Å². The van der Waals surface area contributed by atoms with Crippen LogP contribution in [-0.4, -0.2) is 32.4 Å². The summed E-state index contributed by atoms with van der Waals surface area (Å²) in [6.07, 6.45) is 5.78. The van der Waals surface area contributed by atoms with Crippen molar-refractivity contribution in [2.45, 2.75) is 25.7 Å². The van der Waals surface area contributed by atoms with E-state index < -0.39 is 6.43 Å². The van der Waals surface area contributed by atoms with Crippen molar-refractivity contribution in [2.75, 3.05) is 18.0 Å². The molecule has 5 nitrogen and oxygen atoms in total. The maximum atomic E-state index is 13.0. The quantitative estimate of drug-likeness (QED) is 0.735. The van der Waals surface area contributed by atoms with Crippen LogP contribution in [-0.2, 0) is 0 Å². The number of fused-ring (bicyclic) bond motifs is 1. The highest BCUT2D eigenvalue weighted by Gasteiger charge is 2.16. The summed E-state index contributed by atoms with van der Waals surface area (Å²) in [5.41, 5.74) is 1.17. The van der Waals surface area contributed by atoms with E-state index in [1.807, 2.05) is 6.07 Å². The van der Waals surface area contributed by atoms with Crippen molar-refractivity contribution in [3.8, 4) is 11.5 Å². The van der Waals surface area contributed by atoms with Gasteiger partial charge in [0.2, 0.25) is 0 Å². The molecule has 1 saturated heterocycles. The minimum atomic E-state index is -2.52. The molecule has 0 unspecified atom stereocenters. The number of nitrogens with zero attached hydrogens (tertiary/aromatic N) is 5. The van der Waals surface area contributed by atoms with Gasteiger partial charge in [-0.25, -0.2) is 23.7 Å². The second-order valence-corrected chi connectivity index (χ2v) is 5.92. The summed E-state index contributed by atoms with van der Waals surface area (Å²) in [5.74, 6) is 1.37. The normalized spacial score (nSPS) is 15.4. The zero-order chi connectivity index (χ0) is 16.5. The lowest BCUT2D eigenvalue weighted by molar-refractivity contribution is 0.151. The average Bonchev–Trinajstić information content (AvgIpc) is 3.05. The molecule has 0 atom stereocenters. The van der Waals surface area contributed by atoms with Crippen molar-refractivity contribution in [1.29, 1.82) is 0 Å². The minimum Gasteiger partial charge on any atom is -0.357 e. The number of aromatic nitrogens is 4. The molecule has 1 aliphatic rings. The Morgan fingerprint density at radius 1 is 1.00 bits per heavy atom. The molecule has 0 aromatic carbocycles. The van der Waals surface area contributed by atoms with Crippen molar-refractivity contribution < 1.29 is 8.78 Å². The van der Waals surface area contributed by atoms with Gasteiger partial charge in [0.05, 0.1) is 6.20 Å². The third-order valence-corrected chi connectivity index (χ3v) is 4.33. The SMILES string of the molecule is FC(F)c1ccc2ncc(-c3nccc(N4CCCCC4)n3)n2c1. The Balaban J connectivity index is 1.75. The minimum absolute atomic E-state index is 0.0473. The molecule has 3 aromatic heterocycles. The van der Waals surface area contributed by atoms with Crippen LogP contribution in [0.5, 0.6) is 0 Å². The summed E-state index contributed by atoms with van der Waals surface area (Å²) < 4.78 is 27.6. The van der Waals surface area contributed by atoms with E-state index in [2.05, 4.69) is 19.9 Å². The molecule has 1 fully saturated rings. The first-order chi connectivity index (χ1) is 11.7. The molecule has 0 saturated carbocycles. The molecule has 0 N–H and O–H groups in total. The molecule has 0 spiro atoms. The number of alkyl halides is 2. The molecule has 4 heterocycles. The van der Waals surface area contributed by atoms with Gasteiger partial charge in [-0.2, -0.15) is 0 Å². The summed E-state index contributed by atoms with van der Waals surface area (Å²) in [5, 5.41) is 0. The number of hydrogen-bond donors (Lipinski definition) is 0. The lowest BCUT2D eigenvalue weighted by atomic mass is 10.1. The van der Waals surface area contributed by atoms with E-state index >= 15 is 0 Å². The monoisotopic (exact) mass is 329 g/mol. The van der Waals surface area contributed by atoms with Crippen LogP contribution >= 0.6 is 0 Å². The first-order valence-electron chi connectivity index (χ1n) is 8.06. The fourth-order valence-electron chi connectivity index (χ4n) is 3.06. The zero-order valence-corrected chi connectivity index (χ0v) is 13.1. The first kappa shape index (κ1) is 15.0. The largest absolute Gasteiger partial charge is 0.357 e. The van der Waals surface area contributed by atoms with Gasteiger partial charge in [0.15, 0.2) is 5.82 Å². The second kappa shape index (κ2) is 6.14. The van der Waals surface area contributed by atoms with E-state index in [0.717, 1.165) is 31.7 Å². The van der Waals surface area contributed by atoms with Crippen LogP contribution in [0.1, 0.15) is 31.3 Å². The molecule has 0 aliphatic carbocycles. The Labute approximate surface area is 138 Å². The van der Waals surface area contributed by atoms with E-state index in [1.165, 1.54) is 18.7 Å². The van der Waals surface area contributed by atoms with Crippen molar-refractivity contribution in [3.05, 3.63) is 42.4 Å². The van der Waals surface area contributed by atoms with Gasteiger partial charge in [-0.05, 0) is 37.5 Å². The molecule has 4 rings (SSSR count). The van der Waals surface area contributed by atoms with E-state index in [9.17, 15) is 8.78 Å². The lowest BCUT2D eigenvalue weighted by Gasteiger charge is -2.27. The van der Waals surface area contributed by atoms with Crippen LogP contribution in [0, 0.1) is 0 Å². The van der Waals surface area contributed by atoms with Crippen LogP contribution in [0.3, 0.4) is 0 Å². The van der Waals surface area contributed by atoms with Crippen LogP contribution < -0.4 is 4.90 Å². The van der Waals surface area contributed by atoms with Crippen molar-refractivity contribution >= 4 is 11.5 Å². The van der Waals surface area contributed by atoms with E-state index in [0.29, 0.717) is 17.2 Å². The molecule has 0 radical (unpaired) electrons. The number of pyridine rings is 1. The highest BCUT2D eigenvalue weighted by molar-refractivity contribution is 5.59. The number of imidazole rings is 1. The van der Waals surface area contributed by atoms with Crippen molar-refractivity contribution in [1.82, 2.24) is 19.4 Å². The van der Waals surface area contributed by atoms with Gasteiger partial charge in [0.25, 0.3) is 6.43 Å². The van der Waals surface area contributed by atoms with Gasteiger partial charge < -0.3 is 4.90 Å². The summed E-state index contributed by atoms with van der Waals surface area (Å²) >= 11 is 0. The fourth-order valence-corrected chi connectivity index (χ4v) is 3.06. The molecule has 1 aliphatic heterocycles. The zero-order valence-electron chi connectivity index (χ0n) is 13.1. The number of hydrogen-bond acceptors (Lipinski definition) is 4. The van der Waals surface area contributed by atoms with Gasteiger partial charge in [-0.15, -0.1) is 0 Å². The van der Waals surface area contributed by atoms with Gasteiger partial charge in [0, 0.05) is 31.0 Å². The summed E-state index contributed by atoms with van der Waals surface area (Å²) in [6, 6.07) is 4.86. The number of anilines is 1. The van der Waals surface area contributed by atoms with Crippen molar-refractivity contribution in [2.24, 2.45) is 0 Å². The van der Waals surface area contributed by atoms with E-state index in [-0.39, 0.29) is 5.56 Å². The number of rotatable bonds is 3. The highest BCUT2D eigenvalue weighted by atomic mass is 19.3. The van der Waals surface area contributed by atoms with Crippen molar-refractivity contribution in [3.63, 3.8) is 0 Å². The summed E-state index contributed by atoms with van der Waals surface area (Å²) in [4.78, 5) is 15.4. The maximum Gasteiger partial charge on any atom is 0.265 e. The maximum absolute atomic E-state index is 13.0. The molecule has 0 amide bonds. The van der Waals surface area contributed by atoms with Gasteiger partial charge in [-0.3, -0.25) is 4.40 Å². The topological polar surface area (TPSA) is 46.3 Å². The third kappa shape index (κ3) is 2.70. The Morgan fingerprint density at radius 3 is 2.62 bits per heavy atom. The number of piperidine rings is 1. The molecule has 7 heteroatoms. The lowest BCUT2D eigenvalue weighted by Crippen LogP contribution is -2.30. The predicted molar refractivity (Wildman–Crippen MR) is 87.2 cm³/mol. The van der Waals surface area contributed by atoms with Crippen LogP contribution in [0.25, 0.3) is 17.2 Å². The Hall–Kier alpha value is -2.57. The number of halogens is 2. The highest BCUT2D eigenvalue weighted by Crippen LogP contribution is 2.24. The standard InChI is InChI=1S/C17H17F2N5/c18-16(19)12-4-5-14-21-10-13(24(14)11-12)17-20-7-6-15(22-17)23-8-2-1-3-9-23/h4-7,10-11,16H,1-3,8-9H2. The van der Waals surface area contributed by atoms with E-state index in [4.69, 9.17) is 0 Å². The summed E-state index contributed by atoms with van der Waals surface area (Å²) in [6.45, 7) is 1.97. The molecule has 0 bridgehead atoms. The Kier molecular flexibility index (Phi) is 3.84. The van der Waals surface area contributed by atoms with Gasteiger partial charge in [0.1, 0.15) is 17.2 Å².